The molecule has 1 nitrogen and oxygen atoms in total. The first kappa shape index (κ1) is 13.4. The third kappa shape index (κ3) is 3.49. The second kappa shape index (κ2) is 6.24. The predicted octanol–water partition coefficient (Wildman–Crippen LogP) is 4.84. The number of halogens is 2. The summed E-state index contributed by atoms with van der Waals surface area (Å²) in [7, 11) is 0. The first-order valence-electron chi connectivity index (χ1n) is 5.89. The largest absolute Gasteiger partial charge is 0.306 e. The fraction of sp³-hybridized carbons (Fsp3) is 0.200. The number of rotatable bonds is 4. The Kier molecular flexibility index (Phi) is 4.65. The number of hydrogen-bond acceptors (Lipinski definition) is 1. The van der Waals surface area contributed by atoms with Gasteiger partial charge in [-0.2, -0.15) is 0 Å². The van der Waals surface area contributed by atoms with Gasteiger partial charge in [0.25, 0.3) is 0 Å². The van der Waals surface area contributed by atoms with Gasteiger partial charge in [0.1, 0.15) is 0 Å². The van der Waals surface area contributed by atoms with Crippen molar-refractivity contribution in [3.8, 4) is 0 Å². The van der Waals surface area contributed by atoms with Gasteiger partial charge < -0.3 is 5.32 Å². The first-order valence-corrected chi connectivity index (χ1v) is 6.64. The van der Waals surface area contributed by atoms with Gasteiger partial charge in [-0.25, -0.2) is 0 Å². The molecule has 18 heavy (non-hydrogen) atoms. The topological polar surface area (TPSA) is 12.0 Å². The van der Waals surface area contributed by atoms with E-state index in [4.69, 9.17) is 23.2 Å². The average molecular weight is 280 g/mol. The molecule has 0 aliphatic carbocycles. The molecule has 0 aromatic heterocycles. The molecule has 0 aliphatic heterocycles. The smallest absolute Gasteiger partial charge is 0.0450 e. The number of hydrogen-bond donors (Lipinski definition) is 1. The highest BCUT2D eigenvalue weighted by molar-refractivity contribution is 6.31. The highest BCUT2D eigenvalue weighted by Crippen LogP contribution is 2.19. The molecule has 3 heteroatoms. The SMILES string of the molecule is CC(NCc1ccccc1Cl)c1cccc(Cl)c1. The van der Waals surface area contributed by atoms with Crippen molar-refractivity contribution >= 4 is 23.2 Å². The van der Waals surface area contributed by atoms with Crippen LogP contribution in [0.2, 0.25) is 10.0 Å². The van der Waals surface area contributed by atoms with E-state index in [0.717, 1.165) is 22.2 Å². The Morgan fingerprint density at radius 3 is 2.56 bits per heavy atom. The molecule has 0 saturated heterocycles. The maximum Gasteiger partial charge on any atom is 0.0450 e. The van der Waals surface area contributed by atoms with Crippen molar-refractivity contribution in [3.05, 3.63) is 69.7 Å². The van der Waals surface area contributed by atoms with Gasteiger partial charge in [-0.15, -0.1) is 0 Å². The van der Waals surface area contributed by atoms with Gasteiger partial charge in [0.15, 0.2) is 0 Å². The van der Waals surface area contributed by atoms with Crippen LogP contribution in [-0.4, -0.2) is 0 Å². The summed E-state index contributed by atoms with van der Waals surface area (Å²) in [5.41, 5.74) is 2.28. The zero-order chi connectivity index (χ0) is 13.0. The molecular formula is C15H15Cl2N. The maximum atomic E-state index is 6.12. The molecule has 1 unspecified atom stereocenters. The normalized spacial score (nSPS) is 12.4. The lowest BCUT2D eigenvalue weighted by Crippen LogP contribution is -2.18. The predicted molar refractivity (Wildman–Crippen MR) is 78.2 cm³/mol. The molecule has 2 rings (SSSR count). The molecule has 2 aromatic rings. The van der Waals surface area contributed by atoms with Crippen molar-refractivity contribution in [2.75, 3.05) is 0 Å². The third-order valence-electron chi connectivity index (χ3n) is 2.91. The molecule has 0 bridgehead atoms. The summed E-state index contributed by atoms with van der Waals surface area (Å²) in [5, 5.41) is 5.00. The van der Waals surface area contributed by atoms with E-state index < -0.39 is 0 Å². The second-order valence-electron chi connectivity index (χ2n) is 4.25. The lowest BCUT2D eigenvalue weighted by Gasteiger charge is -2.15. The van der Waals surface area contributed by atoms with Gasteiger partial charge in [0.05, 0.1) is 0 Å². The van der Waals surface area contributed by atoms with E-state index in [0.29, 0.717) is 0 Å². The minimum atomic E-state index is 0.236. The monoisotopic (exact) mass is 279 g/mol. The van der Waals surface area contributed by atoms with Gasteiger partial charge in [0, 0.05) is 22.6 Å². The molecule has 1 N–H and O–H groups in total. The highest BCUT2D eigenvalue weighted by atomic mass is 35.5. The molecule has 0 heterocycles. The first-order chi connectivity index (χ1) is 8.66. The summed E-state index contributed by atoms with van der Waals surface area (Å²) < 4.78 is 0. The molecule has 1 atom stereocenters. The molecule has 0 spiro atoms. The van der Waals surface area contributed by atoms with Crippen molar-refractivity contribution in [2.45, 2.75) is 19.5 Å². The Bertz CT molecular complexity index is 525. The zero-order valence-electron chi connectivity index (χ0n) is 10.2. The van der Waals surface area contributed by atoms with E-state index in [1.807, 2.05) is 42.5 Å². The molecule has 0 radical (unpaired) electrons. The lowest BCUT2D eigenvalue weighted by molar-refractivity contribution is 0.575. The summed E-state index contributed by atoms with van der Waals surface area (Å²) in [6.45, 7) is 2.86. The van der Waals surface area contributed by atoms with Crippen LogP contribution in [0.5, 0.6) is 0 Å². The Balaban J connectivity index is 2.00. The molecule has 0 amide bonds. The van der Waals surface area contributed by atoms with Gasteiger partial charge >= 0.3 is 0 Å². The van der Waals surface area contributed by atoms with E-state index in [2.05, 4.69) is 18.3 Å². The maximum absolute atomic E-state index is 6.12. The Labute approximate surface area is 118 Å². The van der Waals surface area contributed by atoms with Crippen molar-refractivity contribution in [3.63, 3.8) is 0 Å². The fourth-order valence-corrected chi connectivity index (χ4v) is 2.20. The summed E-state index contributed by atoms with van der Waals surface area (Å²) in [6.07, 6.45) is 0. The van der Waals surface area contributed by atoms with Crippen LogP contribution in [0.3, 0.4) is 0 Å². The summed E-state index contributed by atoms with van der Waals surface area (Å²) in [4.78, 5) is 0. The second-order valence-corrected chi connectivity index (χ2v) is 5.09. The minimum Gasteiger partial charge on any atom is -0.306 e. The molecular weight excluding hydrogens is 265 g/mol. The van der Waals surface area contributed by atoms with Gasteiger partial charge in [-0.1, -0.05) is 53.5 Å². The van der Waals surface area contributed by atoms with E-state index >= 15 is 0 Å². The molecule has 0 saturated carbocycles. The third-order valence-corrected chi connectivity index (χ3v) is 3.51. The van der Waals surface area contributed by atoms with Crippen LogP contribution in [0.25, 0.3) is 0 Å². The lowest BCUT2D eigenvalue weighted by atomic mass is 10.1. The highest BCUT2D eigenvalue weighted by Gasteiger charge is 2.06. The minimum absolute atomic E-state index is 0.236. The average Bonchev–Trinajstić information content (AvgIpc) is 2.37. The van der Waals surface area contributed by atoms with Crippen LogP contribution in [-0.2, 0) is 6.54 Å². The van der Waals surface area contributed by atoms with Crippen LogP contribution in [0, 0.1) is 0 Å². The summed E-state index contributed by atoms with van der Waals surface area (Å²) >= 11 is 12.1. The van der Waals surface area contributed by atoms with Crippen molar-refractivity contribution in [2.24, 2.45) is 0 Å². The molecule has 94 valence electrons. The molecule has 0 fully saturated rings. The van der Waals surface area contributed by atoms with Crippen LogP contribution < -0.4 is 5.32 Å². The van der Waals surface area contributed by atoms with Crippen molar-refractivity contribution in [1.29, 1.82) is 0 Å². The van der Waals surface area contributed by atoms with E-state index in [1.165, 1.54) is 5.56 Å². The van der Waals surface area contributed by atoms with Crippen molar-refractivity contribution in [1.82, 2.24) is 5.32 Å². The number of nitrogens with one attached hydrogen (secondary N) is 1. The molecule has 2 aromatic carbocycles. The van der Waals surface area contributed by atoms with Crippen LogP contribution in [0.1, 0.15) is 24.1 Å². The summed E-state index contributed by atoms with van der Waals surface area (Å²) in [6, 6.07) is 16.0. The van der Waals surface area contributed by atoms with Gasteiger partial charge in [0.2, 0.25) is 0 Å². The number of benzene rings is 2. The standard InChI is InChI=1S/C15H15Cl2N/c1-11(12-6-4-7-14(16)9-12)18-10-13-5-2-3-8-15(13)17/h2-9,11,18H,10H2,1H3. The van der Waals surface area contributed by atoms with Gasteiger partial charge in [-0.3, -0.25) is 0 Å². The Morgan fingerprint density at radius 2 is 1.83 bits per heavy atom. The quantitative estimate of drug-likeness (QED) is 0.844. The Morgan fingerprint density at radius 1 is 1.06 bits per heavy atom. The fourth-order valence-electron chi connectivity index (χ4n) is 1.80. The Hall–Kier alpha value is -1.02. The van der Waals surface area contributed by atoms with Crippen LogP contribution in [0.4, 0.5) is 0 Å². The molecule has 0 aliphatic rings. The van der Waals surface area contributed by atoms with E-state index in [-0.39, 0.29) is 6.04 Å². The summed E-state index contributed by atoms with van der Waals surface area (Å²) in [5.74, 6) is 0. The van der Waals surface area contributed by atoms with Crippen molar-refractivity contribution < 1.29 is 0 Å². The van der Waals surface area contributed by atoms with Crippen LogP contribution in [0.15, 0.2) is 48.5 Å². The zero-order valence-corrected chi connectivity index (χ0v) is 11.7. The van der Waals surface area contributed by atoms with E-state index in [1.54, 1.807) is 0 Å². The van der Waals surface area contributed by atoms with E-state index in [9.17, 15) is 0 Å². The van der Waals surface area contributed by atoms with Crippen LogP contribution >= 0.6 is 23.2 Å². The van der Waals surface area contributed by atoms with Gasteiger partial charge in [-0.05, 0) is 36.2 Å².